The van der Waals surface area contributed by atoms with E-state index in [1.54, 1.807) is 0 Å². The molecule has 1 heterocycles. The molecule has 1 aliphatic rings. The summed E-state index contributed by atoms with van der Waals surface area (Å²) in [5.41, 5.74) is 8.25. The van der Waals surface area contributed by atoms with E-state index in [4.69, 9.17) is 15.0 Å². The number of rotatable bonds is 2. The van der Waals surface area contributed by atoms with Crippen molar-refractivity contribution in [3.8, 4) is 0 Å². The first kappa shape index (κ1) is 10.3. The summed E-state index contributed by atoms with van der Waals surface area (Å²) < 4.78 is 10.2. The second kappa shape index (κ2) is 4.43. The number of aliphatic hydroxyl groups is 1. The molecule has 1 saturated heterocycles. The van der Waals surface area contributed by atoms with Gasteiger partial charge in [0.1, 0.15) is 6.10 Å². The third kappa shape index (κ3) is 2.32. The fourth-order valence-electron chi connectivity index (χ4n) is 1.40. The van der Waals surface area contributed by atoms with Crippen LogP contribution in [0.25, 0.3) is 10.4 Å². The molecule has 0 saturated carbocycles. The Balaban J connectivity index is 2.68. The van der Waals surface area contributed by atoms with E-state index in [1.165, 1.54) is 7.11 Å². The van der Waals surface area contributed by atoms with Crippen LogP contribution in [0, 0.1) is 0 Å². The lowest BCUT2D eigenvalue weighted by Crippen LogP contribution is -2.47. The number of hydrogen-bond donors (Lipinski definition) is 1. The largest absolute Gasteiger partial charge is 0.387 e. The van der Waals surface area contributed by atoms with Crippen LogP contribution >= 0.6 is 0 Å². The van der Waals surface area contributed by atoms with Gasteiger partial charge in [0.15, 0.2) is 6.29 Å². The SMILES string of the molecule is CO[C@@H]1O[C@H](C)C[C@@H](N=[N+]=[N-])[C@@H]1O. The van der Waals surface area contributed by atoms with Gasteiger partial charge in [-0.1, -0.05) is 5.11 Å². The number of nitrogens with zero attached hydrogens (tertiary/aromatic N) is 3. The first-order chi connectivity index (χ1) is 6.19. The summed E-state index contributed by atoms with van der Waals surface area (Å²) in [7, 11) is 1.44. The van der Waals surface area contributed by atoms with Gasteiger partial charge in [-0.3, -0.25) is 0 Å². The van der Waals surface area contributed by atoms with Gasteiger partial charge in [0.25, 0.3) is 0 Å². The Hall–Kier alpha value is -0.810. The van der Waals surface area contributed by atoms with Gasteiger partial charge in [0, 0.05) is 12.0 Å². The minimum atomic E-state index is -0.878. The number of hydrogen-bond acceptors (Lipinski definition) is 4. The molecule has 0 radical (unpaired) electrons. The molecule has 1 fully saturated rings. The maximum atomic E-state index is 9.56. The maximum absolute atomic E-state index is 9.56. The molecule has 74 valence electrons. The van der Waals surface area contributed by atoms with Gasteiger partial charge < -0.3 is 14.6 Å². The van der Waals surface area contributed by atoms with Crippen molar-refractivity contribution in [2.24, 2.45) is 5.11 Å². The van der Waals surface area contributed by atoms with Crippen LogP contribution in [0.3, 0.4) is 0 Å². The summed E-state index contributed by atoms with van der Waals surface area (Å²) in [6.45, 7) is 1.85. The predicted octanol–water partition coefficient (Wildman–Crippen LogP) is 0.807. The third-order valence-electron chi connectivity index (χ3n) is 2.05. The van der Waals surface area contributed by atoms with Gasteiger partial charge in [0.05, 0.1) is 12.1 Å². The van der Waals surface area contributed by atoms with Crippen LogP contribution < -0.4 is 0 Å². The van der Waals surface area contributed by atoms with Gasteiger partial charge in [-0.15, -0.1) is 0 Å². The zero-order valence-corrected chi connectivity index (χ0v) is 7.62. The molecule has 4 atom stereocenters. The first-order valence-corrected chi connectivity index (χ1v) is 4.09. The maximum Gasteiger partial charge on any atom is 0.183 e. The third-order valence-corrected chi connectivity index (χ3v) is 2.05. The van der Waals surface area contributed by atoms with Gasteiger partial charge in [-0.2, -0.15) is 0 Å². The quantitative estimate of drug-likeness (QED) is 0.394. The highest BCUT2D eigenvalue weighted by Gasteiger charge is 2.35. The minimum Gasteiger partial charge on any atom is -0.387 e. The number of aliphatic hydroxyl groups excluding tert-OH is 1. The van der Waals surface area contributed by atoms with Crippen LogP contribution in [0.5, 0.6) is 0 Å². The van der Waals surface area contributed by atoms with Crippen LogP contribution in [0.4, 0.5) is 0 Å². The molecular formula is C7H13N3O3. The molecular weight excluding hydrogens is 174 g/mol. The van der Waals surface area contributed by atoms with Crippen molar-refractivity contribution >= 4 is 0 Å². The van der Waals surface area contributed by atoms with Crippen molar-refractivity contribution in [3.05, 3.63) is 10.4 Å². The summed E-state index contributed by atoms with van der Waals surface area (Å²) in [5, 5.41) is 13.0. The Bertz CT molecular complexity index is 217. The van der Waals surface area contributed by atoms with Crippen LogP contribution in [-0.4, -0.2) is 36.8 Å². The van der Waals surface area contributed by atoms with E-state index in [1.807, 2.05) is 6.92 Å². The molecule has 1 aliphatic heterocycles. The zero-order chi connectivity index (χ0) is 9.84. The van der Waals surface area contributed by atoms with Crippen molar-refractivity contribution in [1.82, 2.24) is 0 Å². The lowest BCUT2D eigenvalue weighted by molar-refractivity contribution is -0.230. The van der Waals surface area contributed by atoms with E-state index < -0.39 is 18.4 Å². The highest BCUT2D eigenvalue weighted by molar-refractivity contribution is 4.85. The molecule has 0 unspecified atom stereocenters. The van der Waals surface area contributed by atoms with Crippen LogP contribution in [0.1, 0.15) is 13.3 Å². The van der Waals surface area contributed by atoms with Crippen molar-refractivity contribution in [3.63, 3.8) is 0 Å². The molecule has 0 amide bonds. The molecule has 0 aromatic carbocycles. The highest BCUT2D eigenvalue weighted by atomic mass is 16.7. The Morgan fingerprint density at radius 3 is 2.92 bits per heavy atom. The second-order valence-electron chi connectivity index (χ2n) is 3.05. The summed E-state index contributed by atoms with van der Waals surface area (Å²) in [4.78, 5) is 2.67. The highest BCUT2D eigenvalue weighted by Crippen LogP contribution is 2.22. The second-order valence-corrected chi connectivity index (χ2v) is 3.05. The van der Waals surface area contributed by atoms with E-state index in [9.17, 15) is 5.11 Å². The van der Waals surface area contributed by atoms with Gasteiger partial charge in [-0.25, -0.2) is 0 Å². The predicted molar refractivity (Wildman–Crippen MR) is 44.9 cm³/mol. The fourth-order valence-corrected chi connectivity index (χ4v) is 1.40. The van der Waals surface area contributed by atoms with E-state index in [0.29, 0.717) is 6.42 Å². The van der Waals surface area contributed by atoms with Gasteiger partial charge >= 0.3 is 0 Å². The van der Waals surface area contributed by atoms with Crippen molar-refractivity contribution in [1.29, 1.82) is 0 Å². The smallest absolute Gasteiger partial charge is 0.183 e. The molecule has 6 nitrogen and oxygen atoms in total. The molecule has 0 aromatic rings. The molecule has 13 heavy (non-hydrogen) atoms. The Morgan fingerprint density at radius 1 is 1.69 bits per heavy atom. The van der Waals surface area contributed by atoms with Crippen molar-refractivity contribution in [2.45, 2.75) is 37.9 Å². The van der Waals surface area contributed by atoms with E-state index in [2.05, 4.69) is 10.0 Å². The molecule has 1 N–H and O–H groups in total. The number of azide groups is 1. The topological polar surface area (TPSA) is 87.5 Å². The lowest BCUT2D eigenvalue weighted by atomic mass is 10.0. The Morgan fingerprint density at radius 2 is 2.38 bits per heavy atom. The van der Waals surface area contributed by atoms with Crippen LogP contribution in [0.2, 0.25) is 0 Å². The summed E-state index contributed by atoms with van der Waals surface area (Å²) in [5.74, 6) is 0. The van der Waals surface area contributed by atoms with Gasteiger partial charge in [0.2, 0.25) is 0 Å². The number of ether oxygens (including phenoxy) is 2. The molecule has 0 aliphatic carbocycles. The van der Waals surface area contributed by atoms with Crippen molar-refractivity contribution < 1.29 is 14.6 Å². The summed E-state index contributed by atoms with van der Waals surface area (Å²) in [6, 6.07) is -0.460. The molecule has 0 spiro atoms. The van der Waals surface area contributed by atoms with E-state index >= 15 is 0 Å². The average Bonchev–Trinajstić information content (AvgIpc) is 2.11. The molecule has 6 heteroatoms. The summed E-state index contributed by atoms with van der Waals surface area (Å²) in [6.07, 6.45) is -1.12. The normalized spacial score (nSPS) is 39.6. The first-order valence-electron chi connectivity index (χ1n) is 4.09. The molecule has 1 rings (SSSR count). The van der Waals surface area contributed by atoms with Crippen molar-refractivity contribution in [2.75, 3.05) is 7.11 Å². The lowest BCUT2D eigenvalue weighted by Gasteiger charge is -2.35. The van der Waals surface area contributed by atoms with Crippen LogP contribution in [-0.2, 0) is 9.47 Å². The van der Waals surface area contributed by atoms with E-state index in [0.717, 1.165) is 0 Å². The summed E-state index contributed by atoms with van der Waals surface area (Å²) >= 11 is 0. The minimum absolute atomic E-state index is 0.0659. The van der Waals surface area contributed by atoms with Crippen LogP contribution in [0.15, 0.2) is 5.11 Å². The zero-order valence-electron chi connectivity index (χ0n) is 7.62. The Kier molecular flexibility index (Phi) is 3.50. The molecule has 0 bridgehead atoms. The average molecular weight is 187 g/mol. The standard InChI is InChI=1S/C7H13N3O3/c1-4-3-5(9-10-8)6(11)7(12-2)13-4/h4-7,11H,3H2,1-2H3/t4-,5-,6+,7-/m1/s1. The molecule has 0 aromatic heterocycles. The number of methoxy groups -OCH3 is 1. The van der Waals surface area contributed by atoms with Gasteiger partial charge in [-0.05, 0) is 18.9 Å². The fraction of sp³-hybridized carbons (Fsp3) is 1.00. The Labute approximate surface area is 76.1 Å². The monoisotopic (exact) mass is 187 g/mol. The van der Waals surface area contributed by atoms with E-state index in [-0.39, 0.29) is 6.10 Å².